The monoisotopic (exact) mass is 338 g/mol. The van der Waals surface area contributed by atoms with Crippen LogP contribution in [0.4, 0.5) is 0 Å². The largest absolute Gasteiger partial charge is 0.295 e. The maximum atomic E-state index is 11.1. The molecule has 2 aromatic carbocycles. The Labute approximate surface area is 147 Å². The van der Waals surface area contributed by atoms with Crippen LogP contribution in [-0.2, 0) is 0 Å². The third-order valence-corrected chi connectivity index (χ3v) is 3.71. The van der Waals surface area contributed by atoms with Crippen molar-refractivity contribution in [2.45, 2.75) is 34.6 Å². The maximum absolute atomic E-state index is 11.1. The van der Waals surface area contributed by atoms with Crippen LogP contribution < -0.4 is 0 Å². The third kappa shape index (κ3) is 5.92. The number of carbonyl (C=O) groups excluding carboxylic acids is 4. The molecule has 0 saturated heterocycles. The highest BCUT2D eigenvalue weighted by atomic mass is 16.1. The minimum Gasteiger partial charge on any atom is -0.295 e. The molecule has 0 saturated carbocycles. The zero-order valence-corrected chi connectivity index (χ0v) is 15.2. The van der Waals surface area contributed by atoms with Crippen molar-refractivity contribution in [3.8, 4) is 0 Å². The van der Waals surface area contributed by atoms with E-state index in [4.69, 9.17) is 0 Å². The van der Waals surface area contributed by atoms with E-state index in [0.29, 0.717) is 22.3 Å². The zero-order chi connectivity index (χ0) is 19.1. The lowest BCUT2D eigenvalue weighted by Gasteiger charge is -2.02. The Balaban J connectivity index is 0.000000251. The van der Waals surface area contributed by atoms with Crippen molar-refractivity contribution in [2.24, 2.45) is 0 Å². The van der Waals surface area contributed by atoms with Gasteiger partial charge in [-0.25, -0.2) is 0 Å². The van der Waals surface area contributed by atoms with E-state index in [2.05, 4.69) is 0 Å². The van der Waals surface area contributed by atoms with Gasteiger partial charge >= 0.3 is 0 Å². The molecule has 0 aliphatic heterocycles. The SMILES string of the molecule is CC(=O)c1ccc(C(C)=O)c(C)c1.CC(=O)c1ccc(C(C)=O)cc1. The molecule has 0 spiro atoms. The van der Waals surface area contributed by atoms with Gasteiger partial charge in [0.1, 0.15) is 0 Å². The number of aryl methyl sites for hydroxylation is 1. The molecule has 2 rings (SSSR count). The van der Waals surface area contributed by atoms with Crippen LogP contribution in [-0.4, -0.2) is 23.1 Å². The van der Waals surface area contributed by atoms with Crippen molar-refractivity contribution in [3.05, 3.63) is 70.3 Å². The molecule has 0 heterocycles. The fraction of sp³-hybridized carbons (Fsp3) is 0.238. The van der Waals surface area contributed by atoms with Gasteiger partial charge in [-0.15, -0.1) is 0 Å². The van der Waals surface area contributed by atoms with E-state index in [1.807, 2.05) is 6.92 Å². The molecule has 0 aliphatic carbocycles. The second-order valence-electron chi connectivity index (χ2n) is 5.83. The normalized spacial score (nSPS) is 9.64. The van der Waals surface area contributed by atoms with Crippen LogP contribution in [0.25, 0.3) is 0 Å². The zero-order valence-electron chi connectivity index (χ0n) is 15.2. The van der Waals surface area contributed by atoms with Crippen molar-refractivity contribution in [1.29, 1.82) is 0 Å². The minimum atomic E-state index is 0.0186. The van der Waals surface area contributed by atoms with Gasteiger partial charge in [-0.2, -0.15) is 0 Å². The Morgan fingerprint density at radius 3 is 1.20 bits per heavy atom. The fourth-order valence-electron chi connectivity index (χ4n) is 2.22. The number of rotatable bonds is 4. The van der Waals surface area contributed by atoms with Gasteiger partial charge in [-0.1, -0.05) is 36.4 Å². The Bertz CT molecular complexity index is 781. The molecule has 0 radical (unpaired) electrons. The van der Waals surface area contributed by atoms with Gasteiger partial charge in [0.15, 0.2) is 23.1 Å². The summed E-state index contributed by atoms with van der Waals surface area (Å²) in [5, 5.41) is 0. The summed E-state index contributed by atoms with van der Waals surface area (Å²) in [6.45, 7) is 7.88. The molecular weight excluding hydrogens is 316 g/mol. The quantitative estimate of drug-likeness (QED) is 0.770. The molecule has 0 fully saturated rings. The van der Waals surface area contributed by atoms with Crippen molar-refractivity contribution < 1.29 is 19.2 Å². The summed E-state index contributed by atoms with van der Waals surface area (Å²) >= 11 is 0. The Morgan fingerprint density at radius 2 is 0.920 bits per heavy atom. The van der Waals surface area contributed by atoms with Crippen molar-refractivity contribution in [1.82, 2.24) is 0 Å². The van der Waals surface area contributed by atoms with E-state index in [1.165, 1.54) is 27.7 Å². The highest BCUT2D eigenvalue weighted by molar-refractivity contribution is 5.99. The molecule has 0 N–H and O–H groups in total. The highest BCUT2D eigenvalue weighted by Crippen LogP contribution is 2.12. The molecule has 0 aliphatic rings. The van der Waals surface area contributed by atoms with Gasteiger partial charge in [0.2, 0.25) is 0 Å². The molecule has 0 amide bonds. The first-order valence-electron chi connectivity index (χ1n) is 7.88. The number of Topliss-reactive ketones (excluding diaryl/α,β-unsaturated/α-hetero) is 4. The van der Waals surface area contributed by atoms with Crippen LogP contribution in [0.1, 0.15) is 74.7 Å². The molecule has 4 heteroatoms. The van der Waals surface area contributed by atoms with E-state index in [9.17, 15) is 19.2 Å². The first-order valence-corrected chi connectivity index (χ1v) is 7.88. The molecule has 130 valence electrons. The van der Waals surface area contributed by atoms with E-state index < -0.39 is 0 Å². The number of carbonyl (C=O) groups is 4. The van der Waals surface area contributed by atoms with Crippen LogP contribution in [0.15, 0.2) is 42.5 Å². The smallest absolute Gasteiger partial charge is 0.160 e. The van der Waals surface area contributed by atoms with Gasteiger partial charge in [-0.3, -0.25) is 19.2 Å². The van der Waals surface area contributed by atoms with Crippen LogP contribution in [0, 0.1) is 6.92 Å². The summed E-state index contributed by atoms with van der Waals surface area (Å²) in [6, 6.07) is 11.8. The number of hydrogen-bond acceptors (Lipinski definition) is 4. The van der Waals surface area contributed by atoms with Crippen LogP contribution in [0.5, 0.6) is 0 Å². The fourth-order valence-corrected chi connectivity index (χ4v) is 2.22. The standard InChI is InChI=1S/C11H12O2.C10H10O2/c1-7-6-10(8(2)12)4-5-11(7)9(3)13;1-7(11)9-3-5-10(6-4-9)8(2)12/h4-6H,1-3H3;3-6H,1-2H3. The van der Waals surface area contributed by atoms with E-state index >= 15 is 0 Å². The summed E-state index contributed by atoms with van der Waals surface area (Å²) in [7, 11) is 0. The molecule has 0 bridgehead atoms. The lowest BCUT2D eigenvalue weighted by molar-refractivity contribution is 0.100. The number of hydrogen-bond donors (Lipinski definition) is 0. The Hall–Kier alpha value is -2.88. The second-order valence-corrected chi connectivity index (χ2v) is 5.83. The predicted octanol–water partition coefficient (Wildman–Crippen LogP) is 4.49. The summed E-state index contributed by atoms with van der Waals surface area (Å²) in [4.78, 5) is 43.7. The van der Waals surface area contributed by atoms with Crippen LogP contribution >= 0.6 is 0 Å². The molecule has 0 unspecified atom stereocenters. The van der Waals surface area contributed by atoms with Gasteiger partial charge in [0.25, 0.3) is 0 Å². The Kier molecular flexibility index (Phi) is 7.12. The Morgan fingerprint density at radius 1 is 0.560 bits per heavy atom. The third-order valence-electron chi connectivity index (χ3n) is 3.71. The van der Waals surface area contributed by atoms with Crippen molar-refractivity contribution >= 4 is 23.1 Å². The first kappa shape index (κ1) is 20.2. The number of benzene rings is 2. The van der Waals surface area contributed by atoms with E-state index in [0.717, 1.165) is 5.56 Å². The molecule has 0 aromatic heterocycles. The minimum absolute atomic E-state index is 0.0186. The predicted molar refractivity (Wildman–Crippen MR) is 97.6 cm³/mol. The lowest BCUT2D eigenvalue weighted by Crippen LogP contribution is -1.99. The molecule has 4 nitrogen and oxygen atoms in total. The number of ketones is 4. The summed E-state index contributed by atoms with van der Waals surface area (Å²) in [5.74, 6) is 0.0982. The molecular formula is C21H22O4. The summed E-state index contributed by atoms with van der Waals surface area (Å²) < 4.78 is 0. The van der Waals surface area contributed by atoms with Gasteiger partial charge in [-0.05, 0) is 46.2 Å². The highest BCUT2D eigenvalue weighted by Gasteiger charge is 2.06. The molecule has 25 heavy (non-hydrogen) atoms. The van der Waals surface area contributed by atoms with Gasteiger partial charge < -0.3 is 0 Å². The maximum Gasteiger partial charge on any atom is 0.160 e. The van der Waals surface area contributed by atoms with Crippen molar-refractivity contribution in [2.75, 3.05) is 0 Å². The van der Waals surface area contributed by atoms with E-state index in [1.54, 1.807) is 42.5 Å². The summed E-state index contributed by atoms with van der Waals surface area (Å²) in [6.07, 6.45) is 0. The van der Waals surface area contributed by atoms with Crippen molar-refractivity contribution in [3.63, 3.8) is 0 Å². The van der Waals surface area contributed by atoms with Crippen LogP contribution in [0.3, 0.4) is 0 Å². The molecule has 0 atom stereocenters. The second kappa shape index (κ2) is 8.83. The molecule has 2 aromatic rings. The average Bonchev–Trinajstić information content (AvgIpc) is 2.54. The van der Waals surface area contributed by atoms with Gasteiger partial charge in [0, 0.05) is 22.3 Å². The topological polar surface area (TPSA) is 68.3 Å². The van der Waals surface area contributed by atoms with E-state index in [-0.39, 0.29) is 23.1 Å². The van der Waals surface area contributed by atoms with Crippen LogP contribution in [0.2, 0.25) is 0 Å². The first-order chi connectivity index (χ1) is 11.6. The van der Waals surface area contributed by atoms with Gasteiger partial charge in [0.05, 0.1) is 0 Å². The average molecular weight is 338 g/mol. The lowest BCUT2D eigenvalue weighted by atomic mass is 10.0. The summed E-state index contributed by atoms with van der Waals surface area (Å²) in [5.41, 5.74) is 3.48.